The van der Waals surface area contributed by atoms with E-state index < -0.39 is 15.1 Å². The summed E-state index contributed by atoms with van der Waals surface area (Å²) in [7, 11) is -3.94. The first-order chi connectivity index (χ1) is 4.37. The Morgan fingerprint density at radius 2 is 2.20 bits per heavy atom. The van der Waals surface area contributed by atoms with E-state index in [0.717, 1.165) is 6.08 Å². The molecule has 0 bridgehead atoms. The highest BCUT2D eigenvalue weighted by molar-refractivity contribution is 7.87. The van der Waals surface area contributed by atoms with Crippen molar-refractivity contribution in [2.75, 3.05) is 0 Å². The van der Waals surface area contributed by atoms with Gasteiger partial charge in [0.05, 0.1) is 0 Å². The van der Waals surface area contributed by atoms with Crippen LogP contribution in [-0.4, -0.2) is 28.4 Å². The van der Waals surface area contributed by atoms with E-state index in [-0.39, 0.29) is 10.5 Å². The van der Waals surface area contributed by atoms with Crippen LogP contribution in [0.5, 0.6) is 0 Å². The van der Waals surface area contributed by atoms with Gasteiger partial charge in [-0.3, -0.25) is 4.55 Å². The molecule has 0 aliphatic heterocycles. The Bertz CT molecular complexity index is 221. The van der Waals surface area contributed by atoms with Crippen LogP contribution < -0.4 is 0 Å². The van der Waals surface area contributed by atoms with Crippen molar-refractivity contribution < 1.29 is 17.4 Å². The lowest BCUT2D eigenvalue weighted by Crippen LogP contribution is -2.34. The molecular formula is C4H10O4SSi. The molecule has 0 amide bonds. The lowest BCUT2D eigenvalue weighted by atomic mass is 10.4. The second kappa shape index (κ2) is 2.83. The summed E-state index contributed by atoms with van der Waals surface area (Å²) < 4.78 is 34.2. The summed E-state index contributed by atoms with van der Waals surface area (Å²) in [6, 6.07) is 0. The zero-order valence-electron chi connectivity index (χ0n) is 5.86. The van der Waals surface area contributed by atoms with Gasteiger partial charge in [0.25, 0.3) is 10.1 Å². The Morgan fingerprint density at radius 1 is 1.80 bits per heavy atom. The Balaban J connectivity index is 4.86. The highest BCUT2D eigenvalue weighted by Crippen LogP contribution is 2.16. The molecule has 60 valence electrons. The summed E-state index contributed by atoms with van der Waals surface area (Å²) in [4.78, 5) is -1.63. The lowest BCUT2D eigenvalue weighted by molar-refractivity contribution is 0.226. The zero-order chi connectivity index (χ0) is 8.41. The smallest absolute Gasteiger partial charge is 0.297 e. The van der Waals surface area contributed by atoms with Gasteiger partial charge < -0.3 is 4.43 Å². The molecular weight excluding hydrogens is 172 g/mol. The lowest BCUT2D eigenvalue weighted by Gasteiger charge is -2.19. The summed E-state index contributed by atoms with van der Waals surface area (Å²) in [5, 5.41) is 0. The van der Waals surface area contributed by atoms with Gasteiger partial charge in [-0.15, -0.1) is 0 Å². The second-order valence-electron chi connectivity index (χ2n) is 1.90. The summed E-state index contributed by atoms with van der Waals surface area (Å²) >= 11 is 0. The van der Waals surface area contributed by atoms with Gasteiger partial charge in [0.1, 0.15) is 10.5 Å². The Hall–Kier alpha value is -0.173. The Labute approximate surface area is 63.2 Å². The third-order valence-electron chi connectivity index (χ3n) is 1.29. The molecule has 0 radical (unpaired) electrons. The second-order valence-corrected chi connectivity index (χ2v) is 4.07. The summed E-state index contributed by atoms with van der Waals surface area (Å²) in [5.41, 5.74) is 0. The minimum atomic E-state index is -4.17. The molecule has 0 spiro atoms. The first-order valence-corrected chi connectivity index (χ1v) is 4.79. The van der Waals surface area contributed by atoms with Crippen LogP contribution in [0.3, 0.4) is 0 Å². The topological polar surface area (TPSA) is 63.6 Å². The molecule has 1 N–H and O–H groups in total. The van der Waals surface area contributed by atoms with E-state index >= 15 is 0 Å². The van der Waals surface area contributed by atoms with Crippen LogP contribution >= 0.6 is 0 Å². The maximum absolute atomic E-state index is 10.5. The average molecular weight is 182 g/mol. The highest BCUT2D eigenvalue weighted by atomic mass is 32.2. The first kappa shape index (κ1) is 9.83. The first-order valence-electron chi connectivity index (χ1n) is 2.53. The molecule has 0 aliphatic rings. The van der Waals surface area contributed by atoms with Crippen molar-refractivity contribution in [2.24, 2.45) is 0 Å². The van der Waals surface area contributed by atoms with Crippen LogP contribution in [0.25, 0.3) is 0 Å². The van der Waals surface area contributed by atoms with Crippen molar-refractivity contribution in [3.05, 3.63) is 12.7 Å². The van der Waals surface area contributed by atoms with Crippen LogP contribution in [0.1, 0.15) is 6.92 Å². The van der Waals surface area contributed by atoms with Gasteiger partial charge in [-0.05, 0) is 13.0 Å². The molecule has 0 aromatic carbocycles. The van der Waals surface area contributed by atoms with Crippen LogP contribution in [0.2, 0.25) is 0 Å². The summed E-state index contributed by atoms with van der Waals surface area (Å²) in [5.74, 6) is 0. The molecule has 0 aromatic rings. The van der Waals surface area contributed by atoms with Crippen LogP contribution in [0, 0.1) is 0 Å². The molecule has 4 nitrogen and oxygen atoms in total. The van der Waals surface area contributed by atoms with Gasteiger partial charge in [-0.2, -0.15) is 8.42 Å². The van der Waals surface area contributed by atoms with E-state index in [0.29, 0.717) is 0 Å². The van der Waals surface area contributed by atoms with E-state index in [1.807, 2.05) is 0 Å². The van der Waals surface area contributed by atoms with Crippen molar-refractivity contribution in [3.8, 4) is 0 Å². The number of hydrogen-bond donors (Lipinski definition) is 1. The highest BCUT2D eigenvalue weighted by Gasteiger charge is 2.33. The summed E-state index contributed by atoms with van der Waals surface area (Å²) in [6.45, 7) is 4.47. The molecule has 0 rings (SSSR count). The predicted octanol–water partition coefficient (Wildman–Crippen LogP) is -0.927. The predicted molar refractivity (Wildman–Crippen MR) is 41.2 cm³/mol. The van der Waals surface area contributed by atoms with E-state index in [2.05, 4.69) is 11.0 Å². The maximum Gasteiger partial charge on any atom is 0.297 e. The molecule has 0 heterocycles. The monoisotopic (exact) mass is 182 g/mol. The van der Waals surface area contributed by atoms with Crippen LogP contribution in [0.15, 0.2) is 12.7 Å². The number of hydrogen-bond acceptors (Lipinski definition) is 3. The fraction of sp³-hybridized carbons (Fsp3) is 0.500. The molecule has 0 aromatic heterocycles. The van der Waals surface area contributed by atoms with Crippen molar-refractivity contribution >= 4 is 20.6 Å². The average Bonchev–Trinajstić information content (AvgIpc) is 1.84. The SMILES string of the molecule is C=CC(C)(O[SiH3])S(=O)(=O)O. The van der Waals surface area contributed by atoms with Gasteiger partial charge in [0.2, 0.25) is 0 Å². The fourth-order valence-electron chi connectivity index (χ4n) is 0.294. The van der Waals surface area contributed by atoms with E-state index in [1.54, 1.807) is 0 Å². The van der Waals surface area contributed by atoms with Gasteiger partial charge in [0, 0.05) is 0 Å². The van der Waals surface area contributed by atoms with Gasteiger partial charge >= 0.3 is 0 Å². The minimum Gasteiger partial charge on any atom is -0.405 e. The molecule has 0 saturated heterocycles. The van der Waals surface area contributed by atoms with E-state index in [1.165, 1.54) is 6.92 Å². The van der Waals surface area contributed by atoms with Crippen molar-refractivity contribution in [1.82, 2.24) is 0 Å². The molecule has 1 unspecified atom stereocenters. The van der Waals surface area contributed by atoms with Gasteiger partial charge in [0.15, 0.2) is 4.93 Å². The Morgan fingerprint density at radius 3 is 2.20 bits per heavy atom. The molecule has 0 fully saturated rings. The van der Waals surface area contributed by atoms with Crippen molar-refractivity contribution in [2.45, 2.75) is 11.9 Å². The molecule has 10 heavy (non-hydrogen) atoms. The van der Waals surface area contributed by atoms with E-state index in [4.69, 9.17) is 4.55 Å². The standard InChI is InChI=1S/C4H10O4SSi/c1-3-4(2,8-10)9(5,6)7/h3H,1H2,2,10H3,(H,5,6,7). The Kier molecular flexibility index (Phi) is 2.78. The van der Waals surface area contributed by atoms with E-state index in [9.17, 15) is 8.42 Å². The van der Waals surface area contributed by atoms with Gasteiger partial charge in [-0.25, -0.2) is 0 Å². The summed E-state index contributed by atoms with van der Waals surface area (Å²) in [6.07, 6.45) is 1.05. The quantitative estimate of drug-likeness (QED) is 0.348. The molecule has 6 heteroatoms. The minimum absolute atomic E-state index is 0.227. The molecule has 1 atom stereocenters. The number of rotatable bonds is 3. The third kappa shape index (κ3) is 1.66. The fourth-order valence-corrected chi connectivity index (χ4v) is 1.51. The largest absolute Gasteiger partial charge is 0.405 e. The van der Waals surface area contributed by atoms with Gasteiger partial charge in [-0.1, -0.05) is 6.58 Å². The van der Waals surface area contributed by atoms with Crippen molar-refractivity contribution in [3.63, 3.8) is 0 Å². The molecule has 0 aliphatic carbocycles. The molecule has 0 saturated carbocycles. The third-order valence-corrected chi connectivity index (χ3v) is 3.79. The van der Waals surface area contributed by atoms with Crippen molar-refractivity contribution in [1.29, 1.82) is 0 Å². The van der Waals surface area contributed by atoms with Crippen LogP contribution in [-0.2, 0) is 14.5 Å². The van der Waals surface area contributed by atoms with Crippen LogP contribution in [0.4, 0.5) is 0 Å². The normalized spacial score (nSPS) is 18.2. The zero-order valence-corrected chi connectivity index (χ0v) is 8.68. The maximum atomic E-state index is 10.5.